The molecule has 0 saturated carbocycles. The van der Waals surface area contributed by atoms with E-state index in [1.54, 1.807) is 0 Å². The van der Waals surface area contributed by atoms with Crippen LogP contribution in [0.15, 0.2) is 30.3 Å². The molecule has 0 radical (unpaired) electrons. The third-order valence-electron chi connectivity index (χ3n) is 2.27. The quantitative estimate of drug-likeness (QED) is 0.783. The molecule has 0 aliphatic heterocycles. The molecule has 0 fully saturated rings. The SMILES string of the molecule is CC(C)CC(=O)NCC(=O)OCc1ccccc1. The van der Waals surface area contributed by atoms with E-state index in [1.165, 1.54) is 0 Å². The zero-order chi connectivity index (χ0) is 13.4. The lowest BCUT2D eigenvalue weighted by molar-refractivity contribution is -0.145. The number of hydrogen-bond acceptors (Lipinski definition) is 3. The van der Waals surface area contributed by atoms with Gasteiger partial charge in [0.1, 0.15) is 13.2 Å². The van der Waals surface area contributed by atoms with Crippen LogP contribution in [0.1, 0.15) is 25.8 Å². The van der Waals surface area contributed by atoms with Crippen LogP contribution in [0.2, 0.25) is 0 Å². The second kappa shape index (κ2) is 7.48. The van der Waals surface area contributed by atoms with Crippen molar-refractivity contribution in [3.05, 3.63) is 35.9 Å². The van der Waals surface area contributed by atoms with Crippen LogP contribution >= 0.6 is 0 Å². The molecule has 4 nitrogen and oxygen atoms in total. The van der Waals surface area contributed by atoms with Gasteiger partial charge in [0, 0.05) is 6.42 Å². The van der Waals surface area contributed by atoms with Gasteiger partial charge in [-0.1, -0.05) is 44.2 Å². The Bertz CT molecular complexity index is 387. The van der Waals surface area contributed by atoms with Crippen molar-refractivity contribution >= 4 is 11.9 Å². The molecule has 98 valence electrons. The van der Waals surface area contributed by atoms with Crippen LogP contribution in [-0.2, 0) is 20.9 Å². The molecule has 1 rings (SSSR count). The maximum absolute atomic E-state index is 11.4. The lowest BCUT2D eigenvalue weighted by Crippen LogP contribution is -2.31. The van der Waals surface area contributed by atoms with E-state index in [0.717, 1.165) is 5.56 Å². The second-order valence-electron chi connectivity index (χ2n) is 4.52. The third kappa shape index (κ3) is 6.03. The minimum absolute atomic E-state index is 0.0710. The Kier molecular flexibility index (Phi) is 5.91. The molecule has 1 aromatic carbocycles. The van der Waals surface area contributed by atoms with Gasteiger partial charge in [-0.25, -0.2) is 0 Å². The first-order chi connectivity index (χ1) is 8.58. The summed E-state index contributed by atoms with van der Waals surface area (Å²) >= 11 is 0. The average Bonchev–Trinajstić information content (AvgIpc) is 2.34. The second-order valence-corrected chi connectivity index (χ2v) is 4.52. The van der Waals surface area contributed by atoms with Gasteiger partial charge in [0.25, 0.3) is 0 Å². The van der Waals surface area contributed by atoms with Crippen molar-refractivity contribution in [2.45, 2.75) is 26.9 Å². The highest BCUT2D eigenvalue weighted by Crippen LogP contribution is 2.01. The number of hydrogen-bond donors (Lipinski definition) is 1. The zero-order valence-electron chi connectivity index (χ0n) is 10.8. The molecule has 0 aromatic heterocycles. The first-order valence-electron chi connectivity index (χ1n) is 6.04. The summed E-state index contributed by atoms with van der Waals surface area (Å²) in [5.74, 6) is -0.261. The van der Waals surface area contributed by atoms with Gasteiger partial charge in [-0.2, -0.15) is 0 Å². The highest BCUT2D eigenvalue weighted by Gasteiger charge is 2.08. The largest absolute Gasteiger partial charge is 0.460 e. The Hall–Kier alpha value is -1.84. The fourth-order valence-corrected chi connectivity index (χ4v) is 1.40. The van der Waals surface area contributed by atoms with Gasteiger partial charge in [0.15, 0.2) is 0 Å². The van der Waals surface area contributed by atoms with Crippen LogP contribution in [0.4, 0.5) is 0 Å². The van der Waals surface area contributed by atoms with E-state index < -0.39 is 5.97 Å². The fraction of sp³-hybridized carbons (Fsp3) is 0.429. The minimum atomic E-state index is -0.420. The van der Waals surface area contributed by atoms with E-state index in [2.05, 4.69) is 5.32 Å². The van der Waals surface area contributed by atoms with E-state index in [1.807, 2.05) is 44.2 Å². The lowest BCUT2D eigenvalue weighted by Gasteiger charge is -2.07. The van der Waals surface area contributed by atoms with Crippen LogP contribution in [-0.4, -0.2) is 18.4 Å². The molecule has 0 saturated heterocycles. The number of esters is 1. The van der Waals surface area contributed by atoms with E-state index >= 15 is 0 Å². The number of nitrogens with one attached hydrogen (secondary N) is 1. The van der Waals surface area contributed by atoms with Gasteiger partial charge < -0.3 is 10.1 Å². The van der Waals surface area contributed by atoms with Gasteiger partial charge in [-0.15, -0.1) is 0 Å². The van der Waals surface area contributed by atoms with Crippen LogP contribution in [0.5, 0.6) is 0 Å². The van der Waals surface area contributed by atoms with Crippen molar-refractivity contribution in [3.63, 3.8) is 0 Å². The summed E-state index contributed by atoms with van der Waals surface area (Å²) in [6.45, 7) is 4.07. The van der Waals surface area contributed by atoms with E-state index in [9.17, 15) is 9.59 Å². The molecular formula is C14H19NO3. The predicted octanol–water partition coefficient (Wildman–Crippen LogP) is 1.89. The molecule has 0 atom stereocenters. The van der Waals surface area contributed by atoms with Crippen LogP contribution in [0.3, 0.4) is 0 Å². The predicted molar refractivity (Wildman–Crippen MR) is 68.7 cm³/mol. The smallest absolute Gasteiger partial charge is 0.325 e. The Labute approximate surface area is 107 Å². The van der Waals surface area contributed by atoms with Crippen molar-refractivity contribution in [3.8, 4) is 0 Å². The Balaban J connectivity index is 2.20. The maximum atomic E-state index is 11.4. The van der Waals surface area contributed by atoms with Crippen molar-refractivity contribution in [1.82, 2.24) is 5.32 Å². The van der Waals surface area contributed by atoms with E-state index in [4.69, 9.17) is 4.74 Å². The van der Waals surface area contributed by atoms with Crippen LogP contribution in [0.25, 0.3) is 0 Å². The average molecular weight is 249 g/mol. The Morgan fingerprint density at radius 1 is 1.22 bits per heavy atom. The normalized spacial score (nSPS) is 10.2. The fourth-order valence-electron chi connectivity index (χ4n) is 1.40. The zero-order valence-corrected chi connectivity index (χ0v) is 10.8. The van der Waals surface area contributed by atoms with Crippen molar-refractivity contribution < 1.29 is 14.3 Å². The molecule has 0 spiro atoms. The Morgan fingerprint density at radius 2 is 1.89 bits per heavy atom. The molecule has 18 heavy (non-hydrogen) atoms. The molecule has 1 N–H and O–H groups in total. The van der Waals surface area contributed by atoms with Crippen molar-refractivity contribution in [2.24, 2.45) is 5.92 Å². The molecule has 1 aromatic rings. The molecular weight excluding hydrogens is 230 g/mol. The molecule has 0 aliphatic carbocycles. The van der Waals surface area contributed by atoms with Gasteiger partial charge in [-0.3, -0.25) is 9.59 Å². The molecule has 4 heteroatoms. The summed E-state index contributed by atoms with van der Waals surface area (Å²) in [5, 5.41) is 2.54. The van der Waals surface area contributed by atoms with E-state index in [0.29, 0.717) is 6.42 Å². The van der Waals surface area contributed by atoms with Crippen molar-refractivity contribution in [2.75, 3.05) is 6.54 Å². The highest BCUT2D eigenvalue weighted by molar-refractivity contribution is 5.81. The number of ether oxygens (including phenoxy) is 1. The molecule has 0 bridgehead atoms. The number of carbonyl (C=O) groups excluding carboxylic acids is 2. The van der Waals surface area contributed by atoms with Gasteiger partial charge >= 0.3 is 5.97 Å². The summed E-state index contributed by atoms with van der Waals surface area (Å²) in [6, 6.07) is 9.42. The van der Waals surface area contributed by atoms with Crippen molar-refractivity contribution in [1.29, 1.82) is 0 Å². The Morgan fingerprint density at radius 3 is 2.50 bits per heavy atom. The first-order valence-corrected chi connectivity index (χ1v) is 6.04. The maximum Gasteiger partial charge on any atom is 0.325 e. The number of rotatable bonds is 6. The van der Waals surface area contributed by atoms with E-state index in [-0.39, 0.29) is 25.0 Å². The summed E-state index contributed by atoms with van der Waals surface area (Å²) in [6.07, 6.45) is 0.423. The highest BCUT2D eigenvalue weighted by atomic mass is 16.5. The lowest BCUT2D eigenvalue weighted by atomic mass is 10.1. The van der Waals surface area contributed by atoms with Crippen LogP contribution < -0.4 is 5.32 Å². The summed E-state index contributed by atoms with van der Waals surface area (Å²) in [7, 11) is 0. The molecule has 0 aliphatic rings. The number of carbonyl (C=O) groups is 2. The summed E-state index contributed by atoms with van der Waals surface area (Å²) in [4.78, 5) is 22.7. The third-order valence-corrected chi connectivity index (χ3v) is 2.27. The summed E-state index contributed by atoms with van der Waals surface area (Å²) in [5.41, 5.74) is 0.930. The van der Waals surface area contributed by atoms with Gasteiger partial charge in [0.05, 0.1) is 0 Å². The molecule has 0 heterocycles. The monoisotopic (exact) mass is 249 g/mol. The van der Waals surface area contributed by atoms with Gasteiger partial charge in [0.2, 0.25) is 5.91 Å². The minimum Gasteiger partial charge on any atom is -0.460 e. The summed E-state index contributed by atoms with van der Waals surface area (Å²) < 4.78 is 5.03. The standard InChI is InChI=1S/C14H19NO3/c1-11(2)8-13(16)15-9-14(17)18-10-12-6-4-3-5-7-12/h3-7,11H,8-10H2,1-2H3,(H,15,16). The number of benzene rings is 1. The molecule has 0 unspecified atom stereocenters. The number of amides is 1. The molecule has 1 amide bonds. The first kappa shape index (κ1) is 14.2. The van der Waals surface area contributed by atoms with Crippen LogP contribution in [0, 0.1) is 5.92 Å². The van der Waals surface area contributed by atoms with Gasteiger partial charge in [-0.05, 0) is 11.5 Å². The topological polar surface area (TPSA) is 55.4 Å².